The fourth-order valence-electron chi connectivity index (χ4n) is 6.73. The van der Waals surface area contributed by atoms with E-state index >= 15 is 0 Å². The first-order chi connectivity index (χ1) is 21.8. The van der Waals surface area contributed by atoms with E-state index in [0.29, 0.717) is 0 Å². The molecule has 0 bridgehead atoms. The Morgan fingerprint density at radius 3 is 1.64 bits per heavy atom. The van der Waals surface area contributed by atoms with E-state index in [1.807, 2.05) is 0 Å². The van der Waals surface area contributed by atoms with Gasteiger partial charge in [0.15, 0.2) is 0 Å². The lowest BCUT2D eigenvalue weighted by Gasteiger charge is -2.09. The molecular weight excluding hydrogens is 534 g/mol. The lowest BCUT2D eigenvalue weighted by Crippen LogP contribution is -1.93. The summed E-state index contributed by atoms with van der Waals surface area (Å²) in [5, 5.41) is 4.76. The van der Waals surface area contributed by atoms with Crippen LogP contribution in [0, 0.1) is 0 Å². The summed E-state index contributed by atoms with van der Waals surface area (Å²) in [6.45, 7) is 0. The highest BCUT2D eigenvalue weighted by Crippen LogP contribution is 2.39. The average Bonchev–Trinajstić information content (AvgIpc) is 3.64. The Bertz CT molecular complexity index is 2440. The number of hydrogen-bond donors (Lipinski definition) is 0. The molecule has 0 saturated heterocycles. The van der Waals surface area contributed by atoms with E-state index in [9.17, 15) is 0 Å². The number of fused-ring (bicyclic) bond motifs is 6. The molecular formula is C42H27NO. The van der Waals surface area contributed by atoms with Gasteiger partial charge in [0.05, 0.1) is 11.0 Å². The van der Waals surface area contributed by atoms with Gasteiger partial charge in [0.1, 0.15) is 11.2 Å². The van der Waals surface area contributed by atoms with E-state index < -0.39 is 0 Å². The second kappa shape index (κ2) is 9.86. The zero-order valence-corrected chi connectivity index (χ0v) is 23.9. The van der Waals surface area contributed by atoms with Crippen LogP contribution in [0.25, 0.3) is 82.8 Å². The van der Waals surface area contributed by atoms with E-state index in [2.05, 4.69) is 168 Å². The summed E-state index contributed by atoms with van der Waals surface area (Å²) in [5.74, 6) is 0. The van der Waals surface area contributed by atoms with Crippen LogP contribution < -0.4 is 0 Å². The van der Waals surface area contributed by atoms with Crippen LogP contribution in [0.1, 0.15) is 0 Å². The average molecular weight is 562 g/mol. The second-order valence-corrected chi connectivity index (χ2v) is 11.4. The maximum Gasteiger partial charge on any atom is 0.143 e. The number of aromatic nitrogens is 1. The molecule has 206 valence electrons. The van der Waals surface area contributed by atoms with Crippen molar-refractivity contribution in [2.24, 2.45) is 0 Å². The molecule has 0 N–H and O–H groups in total. The number of nitrogens with zero attached hydrogens (tertiary/aromatic N) is 1. The molecule has 2 heteroatoms. The second-order valence-electron chi connectivity index (χ2n) is 11.4. The molecule has 0 amide bonds. The molecule has 2 aromatic heterocycles. The molecule has 0 aliphatic rings. The molecule has 0 atom stereocenters. The van der Waals surface area contributed by atoms with E-state index in [0.717, 1.165) is 38.8 Å². The molecule has 0 aliphatic heterocycles. The van der Waals surface area contributed by atoms with Gasteiger partial charge < -0.3 is 8.98 Å². The molecule has 0 aliphatic carbocycles. The van der Waals surface area contributed by atoms with Crippen molar-refractivity contribution in [3.8, 4) is 39.1 Å². The number of para-hydroxylation sites is 3. The molecule has 0 spiro atoms. The highest BCUT2D eigenvalue weighted by atomic mass is 16.3. The first kappa shape index (κ1) is 24.7. The largest absolute Gasteiger partial charge is 0.455 e. The Kier molecular flexibility index (Phi) is 5.54. The standard InChI is InChI=1S/C42H27NO/c1-2-11-28(12-3-1)29-13-8-14-30(25-29)31-15-9-16-32(26-31)34-19-10-20-37-38-27-33(23-24-41(38)44-42(34)37)43-39-21-6-4-17-35(39)36-18-5-7-22-40(36)43/h1-27H. The molecule has 0 unspecified atom stereocenters. The van der Waals surface area contributed by atoms with Crippen molar-refractivity contribution in [2.45, 2.75) is 0 Å². The number of benzene rings is 7. The molecule has 9 aromatic rings. The number of rotatable bonds is 4. The summed E-state index contributed by atoms with van der Waals surface area (Å²) < 4.78 is 8.96. The van der Waals surface area contributed by atoms with Crippen LogP contribution >= 0.6 is 0 Å². The molecule has 2 heterocycles. The lowest BCUT2D eigenvalue weighted by atomic mass is 9.95. The molecule has 9 rings (SSSR count). The molecule has 44 heavy (non-hydrogen) atoms. The van der Waals surface area contributed by atoms with Crippen LogP contribution in [0.15, 0.2) is 168 Å². The predicted octanol–water partition coefficient (Wildman–Crippen LogP) is 11.7. The van der Waals surface area contributed by atoms with Crippen LogP contribution in [-0.4, -0.2) is 4.57 Å². The van der Waals surface area contributed by atoms with Crippen LogP contribution in [0.3, 0.4) is 0 Å². The van der Waals surface area contributed by atoms with Crippen LogP contribution in [0.4, 0.5) is 0 Å². The van der Waals surface area contributed by atoms with Crippen LogP contribution in [0.5, 0.6) is 0 Å². The third-order valence-electron chi connectivity index (χ3n) is 8.80. The summed E-state index contributed by atoms with van der Waals surface area (Å²) in [6, 6.07) is 58.4. The van der Waals surface area contributed by atoms with Gasteiger partial charge in [0.2, 0.25) is 0 Å². The topological polar surface area (TPSA) is 18.1 Å². The molecule has 0 radical (unpaired) electrons. The highest BCUT2D eigenvalue weighted by Gasteiger charge is 2.16. The van der Waals surface area contributed by atoms with Gasteiger partial charge in [-0.3, -0.25) is 0 Å². The molecule has 0 saturated carbocycles. The third-order valence-corrected chi connectivity index (χ3v) is 8.80. The normalized spacial score (nSPS) is 11.6. The fraction of sp³-hybridized carbons (Fsp3) is 0. The highest BCUT2D eigenvalue weighted by molar-refractivity contribution is 6.12. The van der Waals surface area contributed by atoms with Gasteiger partial charge in [-0.2, -0.15) is 0 Å². The smallest absolute Gasteiger partial charge is 0.143 e. The first-order valence-electron chi connectivity index (χ1n) is 15.0. The van der Waals surface area contributed by atoms with Crippen molar-refractivity contribution in [3.63, 3.8) is 0 Å². The van der Waals surface area contributed by atoms with E-state index in [-0.39, 0.29) is 0 Å². The minimum Gasteiger partial charge on any atom is -0.455 e. The van der Waals surface area contributed by atoms with Gasteiger partial charge in [-0.25, -0.2) is 0 Å². The summed E-state index contributed by atoms with van der Waals surface area (Å²) in [5.41, 5.74) is 12.4. The summed E-state index contributed by atoms with van der Waals surface area (Å²) in [7, 11) is 0. The fourth-order valence-corrected chi connectivity index (χ4v) is 6.73. The van der Waals surface area contributed by atoms with E-state index in [1.165, 1.54) is 44.1 Å². The zero-order valence-electron chi connectivity index (χ0n) is 23.9. The van der Waals surface area contributed by atoms with Gasteiger partial charge in [-0.1, -0.05) is 121 Å². The predicted molar refractivity (Wildman–Crippen MR) is 184 cm³/mol. The quantitative estimate of drug-likeness (QED) is 0.209. The Hall–Kier alpha value is -5.86. The Labute approximate surface area is 255 Å². The van der Waals surface area contributed by atoms with Crippen molar-refractivity contribution < 1.29 is 4.42 Å². The lowest BCUT2D eigenvalue weighted by molar-refractivity contribution is 0.670. The van der Waals surface area contributed by atoms with E-state index in [4.69, 9.17) is 4.42 Å². The van der Waals surface area contributed by atoms with Gasteiger partial charge in [-0.15, -0.1) is 0 Å². The zero-order chi connectivity index (χ0) is 29.0. The van der Waals surface area contributed by atoms with Gasteiger partial charge in [-0.05, 0) is 70.3 Å². The maximum atomic E-state index is 6.60. The molecule has 2 nitrogen and oxygen atoms in total. The van der Waals surface area contributed by atoms with Crippen molar-refractivity contribution in [1.82, 2.24) is 4.57 Å². The summed E-state index contributed by atoms with van der Waals surface area (Å²) in [4.78, 5) is 0. The Balaban J connectivity index is 1.18. The van der Waals surface area contributed by atoms with Gasteiger partial charge >= 0.3 is 0 Å². The third kappa shape index (κ3) is 3.89. The maximum absolute atomic E-state index is 6.60. The Morgan fingerprint density at radius 2 is 0.909 bits per heavy atom. The summed E-state index contributed by atoms with van der Waals surface area (Å²) >= 11 is 0. The van der Waals surface area contributed by atoms with Crippen molar-refractivity contribution in [1.29, 1.82) is 0 Å². The minimum atomic E-state index is 0.892. The number of hydrogen-bond acceptors (Lipinski definition) is 1. The van der Waals surface area contributed by atoms with Crippen molar-refractivity contribution in [2.75, 3.05) is 0 Å². The first-order valence-corrected chi connectivity index (χ1v) is 15.0. The monoisotopic (exact) mass is 561 g/mol. The summed E-state index contributed by atoms with van der Waals surface area (Å²) in [6.07, 6.45) is 0. The SMILES string of the molecule is c1ccc(-c2cccc(-c3cccc(-c4cccc5c4oc4ccc(-n6c7ccccc7c7ccccc76)cc45)c3)c2)cc1. The van der Waals surface area contributed by atoms with Crippen LogP contribution in [-0.2, 0) is 0 Å². The Morgan fingerprint density at radius 1 is 0.364 bits per heavy atom. The number of furan rings is 1. The van der Waals surface area contributed by atoms with Crippen molar-refractivity contribution >= 4 is 43.7 Å². The van der Waals surface area contributed by atoms with E-state index in [1.54, 1.807) is 0 Å². The van der Waals surface area contributed by atoms with Crippen LogP contribution in [0.2, 0.25) is 0 Å². The van der Waals surface area contributed by atoms with Gasteiger partial charge in [0, 0.05) is 32.8 Å². The minimum absolute atomic E-state index is 0.892. The van der Waals surface area contributed by atoms with Gasteiger partial charge in [0.25, 0.3) is 0 Å². The molecule has 7 aromatic carbocycles. The molecule has 0 fully saturated rings. The van der Waals surface area contributed by atoms with Crippen molar-refractivity contribution in [3.05, 3.63) is 164 Å².